The first-order valence-corrected chi connectivity index (χ1v) is 10.3. The summed E-state index contributed by atoms with van der Waals surface area (Å²) in [5.41, 5.74) is -1.72. The first-order valence-electron chi connectivity index (χ1n) is 9.90. The van der Waals surface area contributed by atoms with Crippen LogP contribution in [0.1, 0.15) is 53.2 Å². The summed E-state index contributed by atoms with van der Waals surface area (Å²) in [6.45, 7) is 0. The number of carboxylic acids is 1. The van der Waals surface area contributed by atoms with Crippen molar-refractivity contribution in [3.05, 3.63) is 64.1 Å². The monoisotopic (exact) mass is 468 g/mol. The Morgan fingerprint density at radius 1 is 1.06 bits per heavy atom. The summed E-state index contributed by atoms with van der Waals surface area (Å²) in [7, 11) is 0. The highest BCUT2D eigenvalue weighted by molar-refractivity contribution is 6.34. The summed E-state index contributed by atoms with van der Waals surface area (Å²) in [5.74, 6) is -3.52. The molecule has 1 aliphatic carbocycles. The van der Waals surface area contributed by atoms with Crippen molar-refractivity contribution in [3.63, 3.8) is 0 Å². The highest BCUT2D eigenvalue weighted by Crippen LogP contribution is 2.40. The molecule has 0 bridgehead atoms. The van der Waals surface area contributed by atoms with Gasteiger partial charge in [-0.15, -0.1) is 0 Å². The second-order valence-corrected chi connectivity index (χ2v) is 8.19. The molecule has 1 heterocycles. The van der Waals surface area contributed by atoms with Crippen LogP contribution in [-0.4, -0.2) is 26.8 Å². The molecule has 0 unspecified atom stereocenters. The smallest absolute Gasteiger partial charge is 0.417 e. The number of carbonyl (C=O) groups excluding carboxylic acids is 1. The van der Waals surface area contributed by atoms with Crippen LogP contribution in [0.3, 0.4) is 0 Å². The van der Waals surface area contributed by atoms with Crippen LogP contribution < -0.4 is 0 Å². The van der Waals surface area contributed by atoms with Crippen LogP contribution in [0.4, 0.5) is 17.6 Å². The van der Waals surface area contributed by atoms with Gasteiger partial charge in [-0.25, -0.2) is 4.39 Å². The summed E-state index contributed by atoms with van der Waals surface area (Å²) in [6, 6.07) is 6.94. The zero-order valence-electron chi connectivity index (χ0n) is 16.5. The van der Waals surface area contributed by atoms with Gasteiger partial charge in [-0.05, 0) is 49.9 Å². The fourth-order valence-corrected chi connectivity index (χ4v) is 4.55. The molecule has 1 aliphatic rings. The normalized spacial score (nSPS) is 19.3. The molecule has 1 aromatic heterocycles. The molecule has 2 aromatic carbocycles. The van der Waals surface area contributed by atoms with Gasteiger partial charge in [-0.3, -0.25) is 9.59 Å². The van der Waals surface area contributed by atoms with Gasteiger partial charge in [0, 0.05) is 5.92 Å². The lowest BCUT2D eigenvalue weighted by atomic mass is 9.80. The van der Waals surface area contributed by atoms with Crippen molar-refractivity contribution < 1.29 is 32.3 Å². The number of hydrogen-bond donors (Lipinski definition) is 1. The Kier molecular flexibility index (Phi) is 5.70. The van der Waals surface area contributed by atoms with Crippen LogP contribution in [0.2, 0.25) is 5.02 Å². The Hall–Kier alpha value is -2.94. The molecule has 32 heavy (non-hydrogen) atoms. The van der Waals surface area contributed by atoms with Gasteiger partial charge >= 0.3 is 12.1 Å². The van der Waals surface area contributed by atoms with E-state index in [2.05, 4.69) is 5.10 Å². The minimum absolute atomic E-state index is 0.0263. The standard InChI is InChI=1S/C22H17ClF4N2O3/c23-14-4-1-3-13(22(25,26)27)17(14)20(30)29-16-6-2-5-15(24)18(16)19(28-29)11-7-9-12(10-8-11)21(31)32/h1-6,11-12H,7-10H2,(H,31,32)/t11-,12-. The molecule has 3 aromatic rings. The zero-order chi connectivity index (χ0) is 23.2. The number of halogens is 5. The van der Waals surface area contributed by atoms with E-state index >= 15 is 0 Å². The maximum absolute atomic E-state index is 14.8. The van der Waals surface area contributed by atoms with E-state index in [1.165, 1.54) is 24.3 Å². The van der Waals surface area contributed by atoms with Crippen LogP contribution in [0, 0.1) is 11.7 Å². The van der Waals surface area contributed by atoms with Gasteiger partial charge in [0.2, 0.25) is 0 Å². The van der Waals surface area contributed by atoms with Crippen molar-refractivity contribution in [1.82, 2.24) is 9.78 Å². The van der Waals surface area contributed by atoms with E-state index in [-0.39, 0.29) is 22.5 Å². The van der Waals surface area contributed by atoms with Crippen LogP contribution in [-0.2, 0) is 11.0 Å². The average Bonchev–Trinajstić information content (AvgIpc) is 3.13. The minimum atomic E-state index is -4.83. The Morgan fingerprint density at radius 2 is 1.72 bits per heavy atom. The second kappa shape index (κ2) is 8.20. The Bertz CT molecular complexity index is 1210. The minimum Gasteiger partial charge on any atom is -0.481 e. The van der Waals surface area contributed by atoms with E-state index in [9.17, 15) is 32.3 Å². The van der Waals surface area contributed by atoms with Gasteiger partial charge < -0.3 is 5.11 Å². The molecule has 0 spiro atoms. The summed E-state index contributed by atoms with van der Waals surface area (Å²) in [4.78, 5) is 24.4. The maximum atomic E-state index is 14.8. The summed E-state index contributed by atoms with van der Waals surface area (Å²) in [6.07, 6.45) is -3.29. The largest absolute Gasteiger partial charge is 0.481 e. The molecular formula is C22H17ClF4N2O3. The maximum Gasteiger partial charge on any atom is 0.417 e. The van der Waals surface area contributed by atoms with Crippen LogP contribution in [0.25, 0.3) is 10.9 Å². The number of nitrogens with zero attached hydrogens (tertiary/aromatic N) is 2. The van der Waals surface area contributed by atoms with Gasteiger partial charge in [0.05, 0.1) is 38.7 Å². The number of aromatic nitrogens is 2. The van der Waals surface area contributed by atoms with Crippen molar-refractivity contribution in [3.8, 4) is 0 Å². The molecule has 4 rings (SSSR count). The van der Waals surface area contributed by atoms with Crippen LogP contribution >= 0.6 is 11.6 Å². The molecule has 10 heteroatoms. The molecule has 1 fully saturated rings. The number of carbonyl (C=O) groups is 2. The number of aliphatic carboxylic acids is 1. The summed E-state index contributed by atoms with van der Waals surface area (Å²) < 4.78 is 56.1. The second-order valence-electron chi connectivity index (χ2n) is 7.78. The van der Waals surface area contributed by atoms with Gasteiger partial charge in [0.15, 0.2) is 0 Å². The van der Waals surface area contributed by atoms with E-state index in [4.69, 9.17) is 11.6 Å². The van der Waals surface area contributed by atoms with E-state index in [1.807, 2.05) is 0 Å². The third kappa shape index (κ3) is 3.85. The topological polar surface area (TPSA) is 72.2 Å². The van der Waals surface area contributed by atoms with Gasteiger partial charge in [-0.2, -0.15) is 23.0 Å². The Balaban J connectivity index is 1.84. The van der Waals surface area contributed by atoms with Gasteiger partial charge in [-0.1, -0.05) is 23.7 Å². The molecule has 0 radical (unpaired) electrons. The van der Waals surface area contributed by atoms with Crippen molar-refractivity contribution in [2.75, 3.05) is 0 Å². The Labute approximate surface area is 184 Å². The summed E-state index contributed by atoms with van der Waals surface area (Å²) in [5, 5.41) is 13.1. The van der Waals surface area contributed by atoms with Crippen molar-refractivity contribution >= 4 is 34.4 Å². The molecule has 5 nitrogen and oxygen atoms in total. The molecule has 1 saturated carbocycles. The highest BCUT2D eigenvalue weighted by atomic mass is 35.5. The van der Waals surface area contributed by atoms with Crippen LogP contribution in [0.15, 0.2) is 36.4 Å². The molecule has 0 atom stereocenters. The van der Waals surface area contributed by atoms with Crippen molar-refractivity contribution in [1.29, 1.82) is 0 Å². The predicted molar refractivity (Wildman–Crippen MR) is 108 cm³/mol. The van der Waals surface area contributed by atoms with E-state index in [0.717, 1.165) is 16.8 Å². The number of rotatable bonds is 3. The SMILES string of the molecule is O=C(c1c(Cl)cccc1C(F)(F)F)n1nc([C@H]2CC[C@H](C(=O)O)CC2)c2c(F)cccc21. The molecular weight excluding hydrogens is 452 g/mol. The molecule has 0 aliphatic heterocycles. The molecule has 168 valence electrons. The predicted octanol–water partition coefficient (Wildman–Crippen LogP) is 5.89. The molecule has 1 N–H and O–H groups in total. The fourth-order valence-electron chi connectivity index (χ4n) is 4.29. The average molecular weight is 469 g/mol. The first kappa shape index (κ1) is 22.3. The Morgan fingerprint density at radius 3 is 2.34 bits per heavy atom. The van der Waals surface area contributed by atoms with Crippen molar-refractivity contribution in [2.45, 2.75) is 37.8 Å². The first-order chi connectivity index (χ1) is 15.1. The van der Waals surface area contributed by atoms with Crippen molar-refractivity contribution in [2.24, 2.45) is 5.92 Å². The number of fused-ring (bicyclic) bond motifs is 1. The van der Waals surface area contributed by atoms with E-state index in [1.54, 1.807) is 0 Å². The third-order valence-corrected chi connectivity index (χ3v) is 6.19. The lowest BCUT2D eigenvalue weighted by molar-refractivity contribution is -0.143. The molecule has 0 amide bonds. The van der Waals surface area contributed by atoms with Gasteiger partial charge in [0.25, 0.3) is 5.91 Å². The van der Waals surface area contributed by atoms with Gasteiger partial charge in [0.1, 0.15) is 5.82 Å². The number of alkyl halides is 3. The lowest BCUT2D eigenvalue weighted by Gasteiger charge is -2.25. The number of carboxylic acid groups (broad SMARTS) is 1. The lowest BCUT2D eigenvalue weighted by Crippen LogP contribution is -2.22. The summed E-state index contributed by atoms with van der Waals surface area (Å²) >= 11 is 5.97. The number of hydrogen-bond acceptors (Lipinski definition) is 3. The fraction of sp³-hybridized carbons (Fsp3) is 0.318. The number of benzene rings is 2. The van der Waals surface area contributed by atoms with Crippen LogP contribution in [0.5, 0.6) is 0 Å². The quantitative estimate of drug-likeness (QED) is 0.486. The zero-order valence-corrected chi connectivity index (χ0v) is 17.3. The van der Waals surface area contributed by atoms with E-state index < -0.39 is 45.9 Å². The van der Waals surface area contributed by atoms with E-state index in [0.29, 0.717) is 25.7 Å². The third-order valence-electron chi connectivity index (χ3n) is 5.87. The molecule has 0 saturated heterocycles. The highest BCUT2D eigenvalue weighted by Gasteiger charge is 2.38.